The average Bonchev–Trinajstić information content (AvgIpc) is 2.68. The second-order valence-electron chi connectivity index (χ2n) is 4.97. The summed E-state index contributed by atoms with van der Waals surface area (Å²) in [7, 11) is 3.96. The Morgan fingerprint density at radius 3 is 2.62 bits per heavy atom. The van der Waals surface area contributed by atoms with E-state index in [1.54, 1.807) is 4.68 Å². The number of likely N-dealkylation sites (tertiary alicyclic amines) is 1. The van der Waals surface area contributed by atoms with E-state index in [0.717, 1.165) is 25.3 Å². The molecule has 1 aliphatic rings. The molecule has 2 heterocycles. The van der Waals surface area contributed by atoms with Crippen LogP contribution in [0.2, 0.25) is 0 Å². The number of hydrogen-bond acceptors (Lipinski definition) is 4. The molecule has 1 fully saturated rings. The zero-order valence-corrected chi connectivity index (χ0v) is 10.4. The van der Waals surface area contributed by atoms with Gasteiger partial charge in [-0.15, -0.1) is 5.10 Å². The standard InChI is InChI=1S/C11H21N5/c1-11(12-2)4-6-16(7-5-11)9-10-8-15(3)14-13-10/h8,12H,4-7,9H2,1-3H3. The van der Waals surface area contributed by atoms with Gasteiger partial charge in [0.25, 0.3) is 0 Å². The lowest BCUT2D eigenvalue weighted by molar-refractivity contribution is 0.145. The molecule has 16 heavy (non-hydrogen) atoms. The predicted octanol–water partition coefficient (Wildman–Crippen LogP) is 0.389. The van der Waals surface area contributed by atoms with E-state index < -0.39 is 0 Å². The van der Waals surface area contributed by atoms with Gasteiger partial charge < -0.3 is 5.32 Å². The summed E-state index contributed by atoms with van der Waals surface area (Å²) < 4.78 is 1.76. The van der Waals surface area contributed by atoms with Crippen LogP contribution in [0.1, 0.15) is 25.5 Å². The molecule has 1 aromatic rings. The second-order valence-corrected chi connectivity index (χ2v) is 4.97. The highest BCUT2D eigenvalue weighted by Gasteiger charge is 2.28. The maximum atomic E-state index is 4.12. The van der Waals surface area contributed by atoms with Crippen molar-refractivity contribution in [3.63, 3.8) is 0 Å². The topological polar surface area (TPSA) is 46.0 Å². The zero-order chi connectivity index (χ0) is 11.6. The van der Waals surface area contributed by atoms with Crippen LogP contribution < -0.4 is 5.32 Å². The number of nitrogens with one attached hydrogen (secondary N) is 1. The molecule has 0 atom stereocenters. The normalized spacial score (nSPS) is 21.2. The minimum absolute atomic E-state index is 0.318. The molecule has 2 rings (SSSR count). The molecule has 0 saturated carbocycles. The first-order valence-electron chi connectivity index (χ1n) is 5.88. The van der Waals surface area contributed by atoms with Gasteiger partial charge in [0.05, 0.1) is 5.69 Å². The smallest absolute Gasteiger partial charge is 0.0967 e. The van der Waals surface area contributed by atoms with Gasteiger partial charge in [-0.05, 0) is 26.8 Å². The van der Waals surface area contributed by atoms with Gasteiger partial charge in [0.15, 0.2) is 0 Å². The number of rotatable bonds is 3. The highest BCUT2D eigenvalue weighted by Crippen LogP contribution is 2.21. The van der Waals surface area contributed by atoms with Gasteiger partial charge in [0.2, 0.25) is 0 Å². The highest BCUT2D eigenvalue weighted by molar-refractivity contribution is 4.94. The van der Waals surface area contributed by atoms with E-state index >= 15 is 0 Å². The predicted molar refractivity (Wildman–Crippen MR) is 63.0 cm³/mol. The maximum Gasteiger partial charge on any atom is 0.0967 e. The van der Waals surface area contributed by atoms with Crippen molar-refractivity contribution in [1.29, 1.82) is 0 Å². The first-order chi connectivity index (χ1) is 7.61. The summed E-state index contributed by atoms with van der Waals surface area (Å²) in [5.41, 5.74) is 1.38. The van der Waals surface area contributed by atoms with Crippen LogP contribution >= 0.6 is 0 Å². The lowest BCUT2D eigenvalue weighted by Crippen LogP contribution is -2.49. The Labute approximate surface area is 96.8 Å². The lowest BCUT2D eigenvalue weighted by Gasteiger charge is -2.39. The van der Waals surface area contributed by atoms with E-state index in [0.29, 0.717) is 5.54 Å². The zero-order valence-electron chi connectivity index (χ0n) is 10.4. The van der Waals surface area contributed by atoms with Gasteiger partial charge in [0, 0.05) is 38.4 Å². The van der Waals surface area contributed by atoms with Crippen molar-refractivity contribution in [1.82, 2.24) is 25.2 Å². The summed E-state index contributed by atoms with van der Waals surface area (Å²) in [5.74, 6) is 0. The molecule has 0 bridgehead atoms. The van der Waals surface area contributed by atoms with Crippen molar-refractivity contribution >= 4 is 0 Å². The van der Waals surface area contributed by atoms with E-state index in [1.165, 1.54) is 12.8 Å². The summed E-state index contributed by atoms with van der Waals surface area (Å²) in [6.07, 6.45) is 4.39. The van der Waals surface area contributed by atoms with Crippen LogP contribution in [0.4, 0.5) is 0 Å². The molecule has 0 amide bonds. The Bertz CT molecular complexity index is 338. The Hall–Kier alpha value is -0.940. The third-order valence-electron chi connectivity index (χ3n) is 3.60. The van der Waals surface area contributed by atoms with Crippen LogP contribution in [-0.4, -0.2) is 45.6 Å². The fourth-order valence-electron chi connectivity index (χ4n) is 2.15. The van der Waals surface area contributed by atoms with Gasteiger partial charge in [-0.25, -0.2) is 0 Å². The number of nitrogens with zero attached hydrogens (tertiary/aromatic N) is 4. The van der Waals surface area contributed by atoms with Gasteiger partial charge in [0.1, 0.15) is 0 Å². The number of aromatic nitrogens is 3. The monoisotopic (exact) mass is 223 g/mol. The van der Waals surface area contributed by atoms with Crippen molar-refractivity contribution in [3.05, 3.63) is 11.9 Å². The first-order valence-corrected chi connectivity index (χ1v) is 5.88. The molecule has 5 nitrogen and oxygen atoms in total. The molecule has 0 aromatic carbocycles. The molecular formula is C11H21N5. The van der Waals surface area contributed by atoms with E-state index in [2.05, 4.69) is 34.5 Å². The highest BCUT2D eigenvalue weighted by atomic mass is 15.4. The summed E-state index contributed by atoms with van der Waals surface area (Å²) in [6.45, 7) is 5.49. The van der Waals surface area contributed by atoms with Crippen molar-refractivity contribution in [2.75, 3.05) is 20.1 Å². The van der Waals surface area contributed by atoms with Crippen LogP contribution in [0.25, 0.3) is 0 Å². The van der Waals surface area contributed by atoms with E-state index in [-0.39, 0.29) is 0 Å². The molecule has 90 valence electrons. The second kappa shape index (κ2) is 4.51. The molecule has 0 spiro atoms. The summed E-state index contributed by atoms with van der Waals surface area (Å²) in [6, 6.07) is 0. The minimum Gasteiger partial charge on any atom is -0.314 e. The summed E-state index contributed by atoms with van der Waals surface area (Å²) >= 11 is 0. The molecule has 1 N–H and O–H groups in total. The third-order valence-corrected chi connectivity index (χ3v) is 3.60. The fraction of sp³-hybridized carbons (Fsp3) is 0.818. The molecular weight excluding hydrogens is 202 g/mol. The number of hydrogen-bond donors (Lipinski definition) is 1. The SMILES string of the molecule is CNC1(C)CCN(Cc2cn(C)nn2)CC1. The van der Waals surface area contributed by atoms with Crippen molar-refractivity contribution in [2.24, 2.45) is 7.05 Å². The Morgan fingerprint density at radius 1 is 1.44 bits per heavy atom. The van der Waals surface area contributed by atoms with Crippen LogP contribution in [0.5, 0.6) is 0 Å². The summed E-state index contributed by atoms with van der Waals surface area (Å²) in [5, 5.41) is 11.5. The van der Waals surface area contributed by atoms with Crippen LogP contribution in [0.3, 0.4) is 0 Å². The van der Waals surface area contributed by atoms with Crippen molar-refractivity contribution in [3.8, 4) is 0 Å². The Morgan fingerprint density at radius 2 is 2.12 bits per heavy atom. The van der Waals surface area contributed by atoms with Crippen molar-refractivity contribution in [2.45, 2.75) is 31.8 Å². The van der Waals surface area contributed by atoms with Gasteiger partial charge in [-0.3, -0.25) is 9.58 Å². The van der Waals surface area contributed by atoms with E-state index in [1.807, 2.05) is 13.2 Å². The third kappa shape index (κ3) is 2.59. The molecule has 0 radical (unpaired) electrons. The average molecular weight is 223 g/mol. The van der Waals surface area contributed by atoms with Crippen LogP contribution in [0.15, 0.2) is 6.20 Å². The molecule has 1 aromatic heterocycles. The van der Waals surface area contributed by atoms with Crippen LogP contribution in [0, 0.1) is 0 Å². The quantitative estimate of drug-likeness (QED) is 0.805. The minimum atomic E-state index is 0.318. The Balaban J connectivity index is 1.86. The summed E-state index contributed by atoms with van der Waals surface area (Å²) in [4.78, 5) is 2.45. The molecule has 0 aliphatic carbocycles. The van der Waals surface area contributed by atoms with Gasteiger partial charge >= 0.3 is 0 Å². The largest absolute Gasteiger partial charge is 0.314 e. The van der Waals surface area contributed by atoms with E-state index in [4.69, 9.17) is 0 Å². The van der Waals surface area contributed by atoms with Crippen molar-refractivity contribution < 1.29 is 0 Å². The molecule has 1 aliphatic heterocycles. The molecule has 0 unspecified atom stereocenters. The fourth-order valence-corrected chi connectivity index (χ4v) is 2.15. The lowest BCUT2D eigenvalue weighted by atomic mass is 9.90. The number of aryl methyl sites for hydroxylation is 1. The first kappa shape index (κ1) is 11.5. The number of piperidine rings is 1. The van der Waals surface area contributed by atoms with Gasteiger partial charge in [-0.2, -0.15) is 0 Å². The van der Waals surface area contributed by atoms with Gasteiger partial charge in [-0.1, -0.05) is 5.21 Å². The maximum absolute atomic E-state index is 4.12. The molecule has 1 saturated heterocycles. The molecule has 5 heteroatoms. The van der Waals surface area contributed by atoms with E-state index in [9.17, 15) is 0 Å². The Kier molecular flexibility index (Phi) is 3.25. The van der Waals surface area contributed by atoms with Crippen LogP contribution in [-0.2, 0) is 13.6 Å².